The summed E-state index contributed by atoms with van der Waals surface area (Å²) >= 11 is 8.44. The van der Waals surface area contributed by atoms with Crippen molar-refractivity contribution in [2.75, 3.05) is 17.3 Å². The first-order valence-corrected chi connectivity index (χ1v) is 7.90. The minimum absolute atomic E-state index is 0.0112. The molecule has 1 aromatic rings. The maximum Gasteiger partial charge on any atom is 0.417 e. The standard InChI is InChI=1S/C14H11BrF3N3OS/c1-13(7-15)11(22)21(12(23)20(13)2)9-4-3-8(6-19)10(5-9)14(16,17)18/h3-5H,7H2,1-2H3/t13-/m0/s1. The average molecular weight is 406 g/mol. The van der Waals surface area contributed by atoms with Crippen LogP contribution >= 0.6 is 28.1 Å². The first-order chi connectivity index (χ1) is 10.6. The van der Waals surface area contributed by atoms with Crippen molar-refractivity contribution < 1.29 is 18.0 Å². The van der Waals surface area contributed by atoms with Gasteiger partial charge in [0.2, 0.25) is 0 Å². The number of benzene rings is 1. The van der Waals surface area contributed by atoms with E-state index in [2.05, 4.69) is 15.9 Å². The van der Waals surface area contributed by atoms with Gasteiger partial charge in [0, 0.05) is 12.4 Å². The highest BCUT2D eigenvalue weighted by Gasteiger charge is 2.50. The third-order valence-corrected chi connectivity index (χ3v) is 5.38. The van der Waals surface area contributed by atoms with Crippen LogP contribution in [0.2, 0.25) is 0 Å². The van der Waals surface area contributed by atoms with Gasteiger partial charge in [0.15, 0.2) is 5.11 Å². The molecule has 0 aliphatic carbocycles. The van der Waals surface area contributed by atoms with Gasteiger partial charge < -0.3 is 4.90 Å². The molecule has 0 aromatic heterocycles. The van der Waals surface area contributed by atoms with E-state index in [4.69, 9.17) is 17.5 Å². The lowest BCUT2D eigenvalue weighted by Gasteiger charge is -2.26. The van der Waals surface area contributed by atoms with Gasteiger partial charge in [-0.3, -0.25) is 9.69 Å². The Morgan fingerprint density at radius 2 is 2.04 bits per heavy atom. The number of thiocarbonyl (C=S) groups is 1. The van der Waals surface area contributed by atoms with E-state index in [0.717, 1.165) is 17.0 Å². The summed E-state index contributed by atoms with van der Waals surface area (Å²) in [5.41, 5.74) is -2.59. The number of alkyl halides is 4. The number of nitriles is 1. The summed E-state index contributed by atoms with van der Waals surface area (Å²) in [6, 6.07) is 4.60. The second-order valence-electron chi connectivity index (χ2n) is 5.23. The van der Waals surface area contributed by atoms with Crippen LogP contribution in [0.15, 0.2) is 18.2 Å². The lowest BCUT2D eigenvalue weighted by atomic mass is 10.0. The minimum Gasteiger partial charge on any atom is -0.336 e. The Labute approximate surface area is 144 Å². The second kappa shape index (κ2) is 5.76. The van der Waals surface area contributed by atoms with E-state index in [0.29, 0.717) is 0 Å². The Morgan fingerprint density at radius 3 is 2.48 bits per heavy atom. The normalized spacial score (nSPS) is 21.8. The lowest BCUT2D eigenvalue weighted by Crippen LogP contribution is -2.46. The monoisotopic (exact) mass is 405 g/mol. The van der Waals surface area contributed by atoms with Gasteiger partial charge in [0.1, 0.15) is 5.54 Å². The predicted octanol–water partition coefficient (Wildman–Crippen LogP) is 3.29. The summed E-state index contributed by atoms with van der Waals surface area (Å²) in [7, 11) is 1.61. The average Bonchev–Trinajstić information content (AvgIpc) is 2.67. The van der Waals surface area contributed by atoms with Gasteiger partial charge in [-0.15, -0.1) is 0 Å². The van der Waals surface area contributed by atoms with E-state index in [9.17, 15) is 18.0 Å². The number of carbonyl (C=O) groups is 1. The lowest BCUT2D eigenvalue weighted by molar-refractivity contribution is -0.137. The summed E-state index contributed by atoms with van der Waals surface area (Å²) in [5, 5.41) is 9.21. The van der Waals surface area contributed by atoms with Crippen LogP contribution in [-0.2, 0) is 11.0 Å². The van der Waals surface area contributed by atoms with Crippen LogP contribution in [0.4, 0.5) is 18.9 Å². The summed E-state index contributed by atoms with van der Waals surface area (Å²) in [6.45, 7) is 1.64. The molecular weight excluding hydrogens is 395 g/mol. The smallest absolute Gasteiger partial charge is 0.336 e. The van der Waals surface area contributed by atoms with Gasteiger partial charge in [-0.1, -0.05) is 15.9 Å². The highest BCUT2D eigenvalue weighted by Crippen LogP contribution is 2.37. The molecule has 1 aliphatic rings. The van der Waals surface area contributed by atoms with E-state index >= 15 is 0 Å². The number of amides is 1. The number of halogens is 4. The van der Waals surface area contributed by atoms with Crippen LogP contribution in [0.5, 0.6) is 0 Å². The Morgan fingerprint density at radius 1 is 1.43 bits per heavy atom. The van der Waals surface area contributed by atoms with Gasteiger partial charge in [0.05, 0.1) is 22.9 Å². The van der Waals surface area contributed by atoms with Crippen molar-refractivity contribution in [2.45, 2.75) is 18.6 Å². The topological polar surface area (TPSA) is 47.3 Å². The molecule has 122 valence electrons. The molecular formula is C14H11BrF3N3OS. The number of anilines is 1. The molecule has 9 heteroatoms. The number of hydrogen-bond donors (Lipinski definition) is 0. The highest BCUT2D eigenvalue weighted by atomic mass is 79.9. The van der Waals surface area contributed by atoms with E-state index in [1.807, 2.05) is 0 Å². The van der Waals surface area contributed by atoms with Crippen LogP contribution in [-0.4, -0.2) is 33.8 Å². The molecule has 0 N–H and O–H groups in total. The zero-order valence-corrected chi connectivity index (χ0v) is 14.5. The van der Waals surface area contributed by atoms with Crippen molar-refractivity contribution in [3.05, 3.63) is 29.3 Å². The fourth-order valence-electron chi connectivity index (χ4n) is 2.21. The van der Waals surface area contributed by atoms with Crippen molar-refractivity contribution in [3.8, 4) is 6.07 Å². The Bertz CT molecular complexity index is 731. The minimum atomic E-state index is -4.70. The highest BCUT2D eigenvalue weighted by molar-refractivity contribution is 9.09. The predicted molar refractivity (Wildman–Crippen MR) is 86.2 cm³/mol. The zero-order chi connectivity index (χ0) is 17.6. The number of rotatable bonds is 2. The third-order valence-electron chi connectivity index (χ3n) is 3.83. The molecule has 0 saturated carbocycles. The number of hydrogen-bond acceptors (Lipinski definition) is 3. The van der Waals surface area contributed by atoms with Crippen LogP contribution < -0.4 is 4.90 Å². The van der Waals surface area contributed by atoms with Crippen molar-refractivity contribution >= 4 is 44.9 Å². The molecule has 1 fully saturated rings. The Balaban J connectivity index is 2.58. The molecule has 0 unspecified atom stereocenters. The van der Waals surface area contributed by atoms with Crippen LogP contribution in [0, 0.1) is 11.3 Å². The molecule has 0 radical (unpaired) electrons. The molecule has 23 heavy (non-hydrogen) atoms. The number of carbonyl (C=O) groups excluding carboxylic acids is 1. The van der Waals surface area contributed by atoms with Gasteiger partial charge in [-0.05, 0) is 37.3 Å². The molecule has 0 bridgehead atoms. The molecule has 1 aromatic carbocycles. The number of nitrogens with zero attached hydrogens (tertiary/aromatic N) is 3. The quantitative estimate of drug-likeness (QED) is 0.559. The maximum absolute atomic E-state index is 13.1. The van der Waals surface area contributed by atoms with Crippen molar-refractivity contribution in [1.29, 1.82) is 5.26 Å². The molecule has 2 rings (SSSR count). The van der Waals surface area contributed by atoms with Gasteiger partial charge in [-0.2, -0.15) is 18.4 Å². The van der Waals surface area contributed by atoms with E-state index < -0.39 is 28.7 Å². The summed E-state index contributed by atoms with van der Waals surface area (Å²) in [6.07, 6.45) is -4.70. The molecule has 1 saturated heterocycles. The zero-order valence-electron chi connectivity index (χ0n) is 12.1. The van der Waals surface area contributed by atoms with Crippen LogP contribution in [0.25, 0.3) is 0 Å². The van der Waals surface area contributed by atoms with E-state index in [1.165, 1.54) is 17.0 Å². The first-order valence-electron chi connectivity index (χ1n) is 6.37. The summed E-state index contributed by atoms with van der Waals surface area (Å²) < 4.78 is 39.3. The largest absolute Gasteiger partial charge is 0.417 e. The van der Waals surface area contributed by atoms with E-state index in [-0.39, 0.29) is 16.1 Å². The molecule has 4 nitrogen and oxygen atoms in total. The molecule has 0 spiro atoms. The number of likely N-dealkylation sites (N-methyl/N-ethyl adjacent to an activating group) is 1. The fourth-order valence-corrected chi connectivity index (χ4v) is 3.22. The molecule has 1 aliphatic heterocycles. The second-order valence-corrected chi connectivity index (χ2v) is 6.15. The Kier molecular flexibility index (Phi) is 4.43. The summed E-state index contributed by atoms with van der Waals surface area (Å²) in [5.74, 6) is -0.431. The van der Waals surface area contributed by atoms with Crippen molar-refractivity contribution in [2.24, 2.45) is 0 Å². The SMILES string of the molecule is CN1C(=S)N(c2ccc(C#N)c(C(F)(F)F)c2)C(=O)[C@]1(C)CBr. The van der Waals surface area contributed by atoms with Gasteiger partial charge >= 0.3 is 6.18 Å². The van der Waals surface area contributed by atoms with Gasteiger partial charge in [-0.25, -0.2) is 0 Å². The molecule has 1 heterocycles. The van der Waals surface area contributed by atoms with Gasteiger partial charge in [0.25, 0.3) is 5.91 Å². The summed E-state index contributed by atoms with van der Waals surface area (Å²) in [4.78, 5) is 15.2. The van der Waals surface area contributed by atoms with Crippen molar-refractivity contribution in [1.82, 2.24) is 4.90 Å². The van der Waals surface area contributed by atoms with Crippen LogP contribution in [0.3, 0.4) is 0 Å². The third kappa shape index (κ3) is 2.70. The first kappa shape index (κ1) is 17.7. The maximum atomic E-state index is 13.1. The van der Waals surface area contributed by atoms with Crippen LogP contribution in [0.1, 0.15) is 18.1 Å². The molecule has 1 atom stereocenters. The fraction of sp³-hybridized carbons (Fsp3) is 0.357. The Hall–Kier alpha value is -1.66. The van der Waals surface area contributed by atoms with Crippen molar-refractivity contribution in [3.63, 3.8) is 0 Å². The van der Waals surface area contributed by atoms with E-state index in [1.54, 1.807) is 14.0 Å². The molecule has 1 amide bonds.